The van der Waals surface area contributed by atoms with Crippen LogP contribution in [-0.4, -0.2) is 34.8 Å². The van der Waals surface area contributed by atoms with Crippen molar-refractivity contribution in [1.29, 1.82) is 0 Å². The van der Waals surface area contributed by atoms with Gasteiger partial charge in [-0.1, -0.05) is 13.3 Å². The first-order chi connectivity index (χ1) is 10.6. The molecule has 5 nitrogen and oxygen atoms in total. The second-order valence-electron chi connectivity index (χ2n) is 5.91. The van der Waals surface area contributed by atoms with Gasteiger partial charge in [0.05, 0.1) is 18.3 Å². The topological polar surface area (TPSA) is 62.3 Å². The van der Waals surface area contributed by atoms with Crippen molar-refractivity contribution in [2.45, 2.75) is 52.0 Å². The number of nitrogens with zero attached hydrogens (tertiary/aromatic N) is 2. The lowest BCUT2D eigenvalue weighted by molar-refractivity contribution is -0.135. The summed E-state index contributed by atoms with van der Waals surface area (Å²) >= 11 is 0. The van der Waals surface area contributed by atoms with Gasteiger partial charge in [0.15, 0.2) is 0 Å². The van der Waals surface area contributed by atoms with Gasteiger partial charge in [0, 0.05) is 19.2 Å². The van der Waals surface area contributed by atoms with Crippen molar-refractivity contribution in [3.63, 3.8) is 0 Å². The Hall–Kier alpha value is -1.91. The van der Waals surface area contributed by atoms with Crippen LogP contribution in [-0.2, 0) is 9.59 Å². The second kappa shape index (κ2) is 7.92. The summed E-state index contributed by atoms with van der Waals surface area (Å²) in [6.45, 7) is 4.87. The summed E-state index contributed by atoms with van der Waals surface area (Å²) in [5.41, 5.74) is 2.00. The number of hydrogen-bond acceptors (Lipinski definition) is 3. The zero-order valence-electron chi connectivity index (χ0n) is 13.5. The number of rotatable bonds is 5. The van der Waals surface area contributed by atoms with Gasteiger partial charge in [-0.05, 0) is 43.9 Å². The fourth-order valence-corrected chi connectivity index (χ4v) is 2.75. The number of carbonyl (C=O) groups excluding carboxylic acids is 2. The van der Waals surface area contributed by atoms with E-state index in [1.807, 2.05) is 26.0 Å². The molecular formula is C17H25N3O2. The van der Waals surface area contributed by atoms with Crippen LogP contribution >= 0.6 is 0 Å². The standard InChI is InChI=1S/C17H25N3O2/c1-3-14(15-11-13(2)8-9-18-15)19-16(21)12-20-10-6-4-5-7-17(20)22/h8-9,11,14H,3-7,10,12H2,1-2H3,(H,19,21)/t14-/m1/s1. The number of aromatic nitrogens is 1. The molecule has 0 aliphatic carbocycles. The third kappa shape index (κ3) is 4.55. The van der Waals surface area contributed by atoms with E-state index < -0.39 is 0 Å². The minimum absolute atomic E-state index is 0.0920. The molecule has 0 unspecified atom stereocenters. The lowest BCUT2D eigenvalue weighted by Gasteiger charge is -2.22. The first kappa shape index (κ1) is 16.5. The maximum atomic E-state index is 12.3. The Morgan fingerprint density at radius 2 is 2.23 bits per heavy atom. The molecule has 2 rings (SSSR count). The summed E-state index contributed by atoms with van der Waals surface area (Å²) < 4.78 is 0. The molecule has 5 heteroatoms. The van der Waals surface area contributed by atoms with E-state index >= 15 is 0 Å². The highest BCUT2D eigenvalue weighted by molar-refractivity contribution is 5.85. The molecule has 22 heavy (non-hydrogen) atoms. The molecule has 1 fully saturated rings. The van der Waals surface area contributed by atoms with Crippen LogP contribution in [0, 0.1) is 6.92 Å². The van der Waals surface area contributed by atoms with E-state index in [2.05, 4.69) is 10.3 Å². The molecule has 2 amide bonds. The molecule has 0 bridgehead atoms. The molecule has 0 aromatic carbocycles. The van der Waals surface area contributed by atoms with Crippen LogP contribution in [0.1, 0.15) is 56.3 Å². The Kier molecular flexibility index (Phi) is 5.92. The largest absolute Gasteiger partial charge is 0.346 e. The number of hydrogen-bond donors (Lipinski definition) is 1. The summed E-state index contributed by atoms with van der Waals surface area (Å²) in [7, 11) is 0. The van der Waals surface area contributed by atoms with E-state index in [0.717, 1.165) is 36.9 Å². The third-order valence-corrected chi connectivity index (χ3v) is 4.04. The van der Waals surface area contributed by atoms with Gasteiger partial charge in [0.1, 0.15) is 0 Å². The lowest BCUT2D eigenvalue weighted by Crippen LogP contribution is -2.41. The molecule has 2 heterocycles. The van der Waals surface area contributed by atoms with Crippen molar-refractivity contribution >= 4 is 11.8 Å². The van der Waals surface area contributed by atoms with E-state index in [1.165, 1.54) is 0 Å². The Labute approximate surface area is 132 Å². The summed E-state index contributed by atoms with van der Waals surface area (Å²) in [4.78, 5) is 30.2. The lowest BCUT2D eigenvalue weighted by atomic mass is 10.1. The number of pyridine rings is 1. The Morgan fingerprint density at radius 3 is 2.95 bits per heavy atom. The number of nitrogens with one attached hydrogen (secondary N) is 1. The maximum absolute atomic E-state index is 12.3. The zero-order valence-corrected chi connectivity index (χ0v) is 13.5. The van der Waals surface area contributed by atoms with Crippen LogP contribution in [0.3, 0.4) is 0 Å². The van der Waals surface area contributed by atoms with Gasteiger partial charge in [-0.3, -0.25) is 14.6 Å². The van der Waals surface area contributed by atoms with E-state index in [-0.39, 0.29) is 24.4 Å². The van der Waals surface area contributed by atoms with Crippen LogP contribution in [0.2, 0.25) is 0 Å². The highest BCUT2D eigenvalue weighted by atomic mass is 16.2. The summed E-state index contributed by atoms with van der Waals surface area (Å²) in [5, 5.41) is 3.00. The first-order valence-corrected chi connectivity index (χ1v) is 8.10. The maximum Gasteiger partial charge on any atom is 0.240 e. The minimum atomic E-state index is -0.106. The average Bonchev–Trinajstić information content (AvgIpc) is 2.70. The molecule has 0 spiro atoms. The number of carbonyl (C=O) groups is 2. The summed E-state index contributed by atoms with van der Waals surface area (Å²) in [5.74, 6) is -0.0141. The van der Waals surface area contributed by atoms with Gasteiger partial charge in [-0.2, -0.15) is 0 Å². The Bertz CT molecular complexity index is 530. The van der Waals surface area contributed by atoms with Gasteiger partial charge >= 0.3 is 0 Å². The van der Waals surface area contributed by atoms with Crippen molar-refractivity contribution in [1.82, 2.24) is 15.2 Å². The van der Waals surface area contributed by atoms with Crippen molar-refractivity contribution < 1.29 is 9.59 Å². The second-order valence-corrected chi connectivity index (χ2v) is 5.91. The van der Waals surface area contributed by atoms with Gasteiger partial charge < -0.3 is 10.2 Å². The fraction of sp³-hybridized carbons (Fsp3) is 0.588. The molecule has 120 valence electrons. The fourth-order valence-electron chi connectivity index (χ4n) is 2.75. The van der Waals surface area contributed by atoms with Crippen molar-refractivity contribution in [3.8, 4) is 0 Å². The van der Waals surface area contributed by atoms with Crippen molar-refractivity contribution in [2.24, 2.45) is 0 Å². The molecular weight excluding hydrogens is 278 g/mol. The van der Waals surface area contributed by atoms with E-state index in [4.69, 9.17) is 0 Å². The van der Waals surface area contributed by atoms with Crippen LogP contribution in [0.5, 0.6) is 0 Å². The van der Waals surface area contributed by atoms with Crippen LogP contribution in [0.4, 0.5) is 0 Å². The van der Waals surface area contributed by atoms with Crippen molar-refractivity contribution in [2.75, 3.05) is 13.1 Å². The van der Waals surface area contributed by atoms with Crippen LogP contribution < -0.4 is 5.32 Å². The van der Waals surface area contributed by atoms with Gasteiger partial charge in [-0.25, -0.2) is 0 Å². The average molecular weight is 303 g/mol. The Morgan fingerprint density at radius 1 is 1.41 bits per heavy atom. The highest BCUT2D eigenvalue weighted by Crippen LogP contribution is 2.15. The van der Waals surface area contributed by atoms with E-state index in [0.29, 0.717) is 13.0 Å². The van der Waals surface area contributed by atoms with Crippen LogP contribution in [0.25, 0.3) is 0 Å². The quantitative estimate of drug-likeness (QED) is 0.908. The molecule has 0 radical (unpaired) electrons. The molecule has 1 saturated heterocycles. The number of amides is 2. The van der Waals surface area contributed by atoms with Crippen molar-refractivity contribution in [3.05, 3.63) is 29.6 Å². The summed E-state index contributed by atoms with van der Waals surface area (Å²) in [6, 6.07) is 3.83. The molecule has 1 atom stereocenters. The molecule has 1 aromatic heterocycles. The first-order valence-electron chi connectivity index (χ1n) is 8.10. The van der Waals surface area contributed by atoms with Crippen LogP contribution in [0.15, 0.2) is 18.3 Å². The van der Waals surface area contributed by atoms with Gasteiger partial charge in [0.2, 0.25) is 11.8 Å². The SMILES string of the molecule is CC[C@@H](NC(=O)CN1CCCCCC1=O)c1cc(C)ccn1. The monoisotopic (exact) mass is 303 g/mol. The highest BCUT2D eigenvalue weighted by Gasteiger charge is 2.21. The predicted octanol–water partition coefficient (Wildman–Crippen LogP) is 2.36. The summed E-state index contributed by atoms with van der Waals surface area (Å²) in [6.07, 6.45) is 6.07. The molecule has 1 aliphatic heterocycles. The zero-order chi connectivity index (χ0) is 15.9. The minimum Gasteiger partial charge on any atom is -0.346 e. The number of aryl methyl sites for hydroxylation is 1. The molecule has 1 aliphatic rings. The van der Waals surface area contributed by atoms with E-state index in [1.54, 1.807) is 11.1 Å². The number of likely N-dealkylation sites (tertiary alicyclic amines) is 1. The normalized spacial score (nSPS) is 17.0. The third-order valence-electron chi connectivity index (χ3n) is 4.04. The molecule has 1 aromatic rings. The van der Waals surface area contributed by atoms with Gasteiger partial charge in [-0.15, -0.1) is 0 Å². The van der Waals surface area contributed by atoms with Gasteiger partial charge in [0.25, 0.3) is 0 Å². The molecule has 0 saturated carbocycles. The smallest absolute Gasteiger partial charge is 0.240 e. The Balaban J connectivity index is 1.95. The van der Waals surface area contributed by atoms with E-state index in [9.17, 15) is 9.59 Å². The molecule has 1 N–H and O–H groups in total. The predicted molar refractivity (Wildman–Crippen MR) is 85.2 cm³/mol.